The first kappa shape index (κ1) is 20.7. The van der Waals surface area contributed by atoms with E-state index >= 15 is 0 Å². The summed E-state index contributed by atoms with van der Waals surface area (Å²) in [5, 5.41) is 8.45. The molecule has 0 aliphatic carbocycles. The molecule has 26 heavy (non-hydrogen) atoms. The average molecular weight is 363 g/mol. The molecule has 0 radical (unpaired) electrons. The summed E-state index contributed by atoms with van der Waals surface area (Å²) >= 11 is 0. The van der Waals surface area contributed by atoms with E-state index in [1.807, 2.05) is 17.8 Å². The Labute approximate surface area is 156 Å². The molecule has 2 bridgehead atoms. The summed E-state index contributed by atoms with van der Waals surface area (Å²) in [7, 11) is 0. The highest BCUT2D eigenvalue weighted by atomic mass is 16.1. The largest absolute Gasteiger partial charge is 0.324 e. The fourth-order valence-electron chi connectivity index (χ4n) is 3.87. The molecule has 1 aliphatic heterocycles. The number of fused-ring (bicyclic) bond motifs is 2. The maximum Gasteiger partial charge on any atom is 0.152 e. The van der Waals surface area contributed by atoms with Gasteiger partial charge in [0.15, 0.2) is 5.78 Å². The van der Waals surface area contributed by atoms with Crippen LogP contribution in [0.4, 0.5) is 0 Å². The maximum atomic E-state index is 13.0. The molecule has 1 aromatic rings. The van der Waals surface area contributed by atoms with Crippen LogP contribution in [0.2, 0.25) is 0 Å². The fraction of sp³-hybridized carbons (Fsp3) is 0.800. The maximum absolute atomic E-state index is 13.0. The zero-order valence-electron chi connectivity index (χ0n) is 16.6. The minimum Gasteiger partial charge on any atom is -0.324 e. The van der Waals surface area contributed by atoms with E-state index in [4.69, 9.17) is 5.73 Å². The predicted octanol–water partition coefficient (Wildman–Crippen LogP) is 3.08. The van der Waals surface area contributed by atoms with Crippen LogP contribution in [0.5, 0.6) is 0 Å². The lowest BCUT2D eigenvalue weighted by atomic mass is 9.72. The molecule has 146 valence electrons. The molecule has 2 atom stereocenters. The van der Waals surface area contributed by atoms with Crippen molar-refractivity contribution in [1.82, 2.24) is 15.0 Å². The van der Waals surface area contributed by atoms with Crippen LogP contribution in [0.15, 0.2) is 6.20 Å². The van der Waals surface area contributed by atoms with Gasteiger partial charge in [-0.2, -0.15) is 0 Å². The summed E-state index contributed by atoms with van der Waals surface area (Å²) in [6.45, 7) is 6.97. The number of carbonyl (C=O) groups is 2. The van der Waals surface area contributed by atoms with Gasteiger partial charge in [0.2, 0.25) is 0 Å². The molecule has 2 heterocycles. The molecule has 0 aromatic carbocycles. The van der Waals surface area contributed by atoms with Crippen molar-refractivity contribution >= 4 is 11.6 Å². The van der Waals surface area contributed by atoms with E-state index in [-0.39, 0.29) is 23.5 Å². The molecule has 1 aromatic heterocycles. The smallest absolute Gasteiger partial charge is 0.152 e. The first-order chi connectivity index (χ1) is 12.3. The monoisotopic (exact) mass is 362 g/mol. The Hall–Kier alpha value is -1.56. The highest BCUT2D eigenvalue weighted by Crippen LogP contribution is 2.36. The summed E-state index contributed by atoms with van der Waals surface area (Å²) in [5.74, 6) is 0.338. The van der Waals surface area contributed by atoms with E-state index in [1.54, 1.807) is 0 Å². The summed E-state index contributed by atoms with van der Waals surface area (Å²) in [6, 6.07) is 0. The van der Waals surface area contributed by atoms with E-state index in [0.29, 0.717) is 12.8 Å². The van der Waals surface area contributed by atoms with Crippen molar-refractivity contribution in [2.24, 2.45) is 16.6 Å². The number of Topliss-reactive ketones (excluding diaryl/α,β-unsaturated/α-hetero) is 2. The molecule has 2 N–H and O–H groups in total. The Bertz CT molecular complexity index is 627. The molecule has 0 fully saturated rings. The third-order valence-corrected chi connectivity index (χ3v) is 6.33. The molecule has 6 heteroatoms. The number of nitrogens with two attached hydrogens (primary N) is 1. The number of hydrogen-bond acceptors (Lipinski definition) is 5. The fourth-order valence-corrected chi connectivity index (χ4v) is 3.87. The van der Waals surface area contributed by atoms with Gasteiger partial charge in [-0.15, -0.1) is 5.10 Å². The average Bonchev–Trinajstić information content (AvgIpc) is 3.09. The molecule has 2 rings (SSSR count). The third kappa shape index (κ3) is 5.00. The Morgan fingerprint density at radius 1 is 1.19 bits per heavy atom. The van der Waals surface area contributed by atoms with Crippen molar-refractivity contribution in [3.8, 4) is 0 Å². The highest BCUT2D eigenvalue weighted by molar-refractivity contribution is 5.88. The summed E-state index contributed by atoms with van der Waals surface area (Å²) in [4.78, 5) is 25.4. The molecular formula is C20H34N4O2. The van der Waals surface area contributed by atoms with Crippen LogP contribution in [-0.4, -0.2) is 33.1 Å². The van der Waals surface area contributed by atoms with Crippen molar-refractivity contribution in [2.75, 3.05) is 6.54 Å². The number of carbonyl (C=O) groups excluding carboxylic acids is 2. The van der Waals surface area contributed by atoms with Gasteiger partial charge in [0.1, 0.15) is 5.78 Å². The normalized spacial score (nSPS) is 29.0. The summed E-state index contributed by atoms with van der Waals surface area (Å²) in [5.41, 5.74) is 5.81. The van der Waals surface area contributed by atoms with E-state index in [1.165, 1.54) is 0 Å². The molecule has 0 spiro atoms. The standard InChI is InChI=1S/C20H34N4O2/c1-4-19(2)11-7-8-16-15-24(23-22-16)13-6-5-10-20(3,18(26)14-21)12-9-17(19)25/h15H,4-14,21H2,1-3H3/t19-,20+/m0/s1. The van der Waals surface area contributed by atoms with Crippen molar-refractivity contribution < 1.29 is 9.59 Å². The first-order valence-electron chi connectivity index (χ1n) is 9.99. The molecular weight excluding hydrogens is 328 g/mol. The van der Waals surface area contributed by atoms with E-state index in [0.717, 1.165) is 57.2 Å². The Morgan fingerprint density at radius 3 is 2.65 bits per heavy atom. The number of hydrogen-bond donors (Lipinski definition) is 1. The van der Waals surface area contributed by atoms with Gasteiger partial charge in [-0.3, -0.25) is 14.3 Å². The molecule has 6 nitrogen and oxygen atoms in total. The van der Waals surface area contributed by atoms with Gasteiger partial charge in [-0.25, -0.2) is 0 Å². The Balaban J connectivity index is 2.20. The van der Waals surface area contributed by atoms with Crippen molar-refractivity contribution in [3.05, 3.63) is 11.9 Å². The van der Waals surface area contributed by atoms with E-state index in [2.05, 4.69) is 24.2 Å². The van der Waals surface area contributed by atoms with Gasteiger partial charge in [0, 0.05) is 30.0 Å². The number of nitrogens with zero attached hydrogens (tertiary/aromatic N) is 3. The number of ketones is 2. The predicted molar refractivity (Wildman–Crippen MR) is 102 cm³/mol. The lowest BCUT2D eigenvalue weighted by molar-refractivity contribution is -0.131. The van der Waals surface area contributed by atoms with Crippen LogP contribution in [0, 0.1) is 10.8 Å². The third-order valence-electron chi connectivity index (χ3n) is 6.33. The number of rotatable bonds is 3. The quantitative estimate of drug-likeness (QED) is 0.892. The lowest BCUT2D eigenvalue weighted by Crippen LogP contribution is -2.36. The van der Waals surface area contributed by atoms with Gasteiger partial charge in [0.25, 0.3) is 0 Å². The zero-order valence-corrected chi connectivity index (χ0v) is 16.6. The van der Waals surface area contributed by atoms with Gasteiger partial charge in [-0.05, 0) is 44.9 Å². The van der Waals surface area contributed by atoms with Gasteiger partial charge < -0.3 is 5.73 Å². The SMILES string of the molecule is CC[C@@]1(C)CCCc2cn(nn2)CCCC[C@@](C)(C(=O)CN)CCC1=O. The van der Waals surface area contributed by atoms with Crippen LogP contribution in [-0.2, 0) is 22.6 Å². The number of aryl methyl sites for hydroxylation is 2. The zero-order chi connectivity index (χ0) is 19.2. The second-order valence-corrected chi connectivity index (χ2v) is 8.31. The second kappa shape index (κ2) is 8.89. The van der Waals surface area contributed by atoms with Crippen LogP contribution in [0.25, 0.3) is 0 Å². The van der Waals surface area contributed by atoms with Crippen LogP contribution in [0.3, 0.4) is 0 Å². The van der Waals surface area contributed by atoms with Gasteiger partial charge in [-0.1, -0.05) is 32.4 Å². The Morgan fingerprint density at radius 2 is 1.96 bits per heavy atom. The van der Waals surface area contributed by atoms with Gasteiger partial charge in [0.05, 0.1) is 12.2 Å². The van der Waals surface area contributed by atoms with Crippen molar-refractivity contribution in [1.29, 1.82) is 0 Å². The van der Waals surface area contributed by atoms with Crippen LogP contribution < -0.4 is 5.73 Å². The van der Waals surface area contributed by atoms with E-state index in [9.17, 15) is 9.59 Å². The summed E-state index contributed by atoms with van der Waals surface area (Å²) < 4.78 is 1.89. The minimum atomic E-state index is -0.507. The minimum absolute atomic E-state index is 0.0438. The molecule has 0 saturated carbocycles. The van der Waals surface area contributed by atoms with Crippen molar-refractivity contribution in [2.45, 2.75) is 85.1 Å². The lowest BCUT2D eigenvalue weighted by Gasteiger charge is -2.31. The molecule has 0 saturated heterocycles. The molecule has 0 unspecified atom stereocenters. The van der Waals surface area contributed by atoms with Crippen LogP contribution >= 0.6 is 0 Å². The first-order valence-corrected chi connectivity index (χ1v) is 9.99. The highest BCUT2D eigenvalue weighted by Gasteiger charge is 2.36. The summed E-state index contributed by atoms with van der Waals surface area (Å²) in [6.07, 6.45) is 9.13. The van der Waals surface area contributed by atoms with E-state index < -0.39 is 5.41 Å². The number of aromatic nitrogens is 3. The van der Waals surface area contributed by atoms with Crippen molar-refractivity contribution in [3.63, 3.8) is 0 Å². The van der Waals surface area contributed by atoms with Crippen LogP contribution in [0.1, 0.15) is 77.8 Å². The molecule has 0 amide bonds. The van der Waals surface area contributed by atoms with Gasteiger partial charge >= 0.3 is 0 Å². The molecule has 1 aliphatic rings. The topological polar surface area (TPSA) is 90.9 Å². The Kier molecular flexibility index (Phi) is 7.09. The second-order valence-electron chi connectivity index (χ2n) is 8.31.